The predicted octanol–water partition coefficient (Wildman–Crippen LogP) is 1.88. The molecule has 0 spiro atoms. The van der Waals surface area contributed by atoms with E-state index < -0.39 is 17.9 Å². The Labute approximate surface area is 97.6 Å². The average molecular weight is 240 g/mol. The van der Waals surface area contributed by atoms with E-state index in [0.29, 0.717) is 0 Å². The average Bonchev–Trinajstić information content (AvgIpc) is 2.23. The van der Waals surface area contributed by atoms with E-state index in [-0.39, 0.29) is 17.4 Å². The first-order valence-electron chi connectivity index (χ1n) is 5.45. The summed E-state index contributed by atoms with van der Waals surface area (Å²) in [5, 5.41) is 18.2. The van der Waals surface area contributed by atoms with Crippen molar-refractivity contribution in [3.63, 3.8) is 0 Å². The van der Waals surface area contributed by atoms with Gasteiger partial charge >= 0.3 is 5.97 Å². The van der Waals surface area contributed by atoms with Gasteiger partial charge in [0.2, 0.25) is 0 Å². The van der Waals surface area contributed by atoms with Crippen molar-refractivity contribution in [1.82, 2.24) is 0 Å². The number of rotatable bonds is 4. The highest BCUT2D eigenvalue weighted by atomic mass is 19.1. The van der Waals surface area contributed by atoms with Crippen LogP contribution in [-0.4, -0.2) is 22.3 Å². The van der Waals surface area contributed by atoms with Crippen LogP contribution in [0.1, 0.15) is 30.9 Å². The number of ether oxygens (including phenoxy) is 1. The lowest BCUT2D eigenvalue weighted by Gasteiger charge is -2.27. The molecule has 92 valence electrons. The summed E-state index contributed by atoms with van der Waals surface area (Å²) in [6.45, 7) is 0. The van der Waals surface area contributed by atoms with Crippen molar-refractivity contribution in [3.05, 3.63) is 29.6 Å². The van der Waals surface area contributed by atoms with Gasteiger partial charge in [-0.15, -0.1) is 0 Å². The fourth-order valence-corrected chi connectivity index (χ4v) is 1.64. The predicted molar refractivity (Wildman–Crippen MR) is 57.3 cm³/mol. The lowest BCUT2D eigenvalue weighted by Crippen LogP contribution is -2.25. The minimum absolute atomic E-state index is 0.0376. The molecule has 0 bridgehead atoms. The molecule has 0 radical (unpaired) electrons. The number of hydrogen-bond acceptors (Lipinski definition) is 3. The molecule has 17 heavy (non-hydrogen) atoms. The molecule has 2 N–H and O–H groups in total. The van der Waals surface area contributed by atoms with Crippen LogP contribution in [0.25, 0.3) is 0 Å². The minimum atomic E-state index is -1.76. The molecular weight excluding hydrogens is 227 g/mol. The lowest BCUT2D eigenvalue weighted by molar-refractivity contribution is -0.147. The van der Waals surface area contributed by atoms with Crippen LogP contribution in [0.15, 0.2) is 18.2 Å². The maximum Gasteiger partial charge on any atom is 0.337 e. The molecule has 0 saturated heterocycles. The topological polar surface area (TPSA) is 66.8 Å². The fraction of sp³-hybridized carbons (Fsp3) is 0.417. The van der Waals surface area contributed by atoms with Crippen LogP contribution in [0.4, 0.5) is 4.39 Å². The van der Waals surface area contributed by atoms with Crippen LogP contribution in [0.3, 0.4) is 0 Å². The number of halogens is 1. The Morgan fingerprint density at radius 3 is 2.71 bits per heavy atom. The van der Waals surface area contributed by atoms with Gasteiger partial charge in [-0.3, -0.25) is 0 Å². The molecule has 1 fully saturated rings. The Hall–Kier alpha value is -1.62. The molecule has 5 heteroatoms. The quantitative estimate of drug-likeness (QED) is 0.843. The van der Waals surface area contributed by atoms with E-state index in [0.717, 1.165) is 25.3 Å². The summed E-state index contributed by atoms with van der Waals surface area (Å²) in [5.41, 5.74) is -0.0376. The third-order valence-corrected chi connectivity index (χ3v) is 2.85. The summed E-state index contributed by atoms with van der Waals surface area (Å²) < 4.78 is 18.6. The molecule has 1 aromatic rings. The number of carboxylic acids is 1. The first kappa shape index (κ1) is 11.9. The van der Waals surface area contributed by atoms with Gasteiger partial charge in [0.1, 0.15) is 11.6 Å². The number of aliphatic hydroxyl groups is 1. The molecule has 1 saturated carbocycles. The van der Waals surface area contributed by atoms with Gasteiger partial charge < -0.3 is 14.9 Å². The molecule has 1 aliphatic rings. The van der Waals surface area contributed by atoms with E-state index >= 15 is 0 Å². The summed E-state index contributed by atoms with van der Waals surface area (Å²) in [6, 6.07) is 3.54. The van der Waals surface area contributed by atoms with Crippen molar-refractivity contribution in [1.29, 1.82) is 0 Å². The van der Waals surface area contributed by atoms with Crippen molar-refractivity contribution >= 4 is 5.97 Å². The SMILES string of the molecule is O=C(O)C(O)c1cc(F)ccc1OC1CCC1. The number of carboxylic acid groups (broad SMARTS) is 1. The van der Waals surface area contributed by atoms with Gasteiger partial charge in [-0.1, -0.05) is 0 Å². The molecule has 1 aromatic carbocycles. The zero-order valence-corrected chi connectivity index (χ0v) is 9.10. The summed E-state index contributed by atoms with van der Waals surface area (Å²) >= 11 is 0. The van der Waals surface area contributed by atoms with E-state index in [2.05, 4.69) is 0 Å². The van der Waals surface area contributed by atoms with Gasteiger partial charge in [0.05, 0.1) is 6.10 Å². The van der Waals surface area contributed by atoms with Crippen LogP contribution in [0.5, 0.6) is 5.75 Å². The van der Waals surface area contributed by atoms with E-state index in [1.807, 2.05) is 0 Å². The lowest BCUT2D eigenvalue weighted by atomic mass is 9.96. The van der Waals surface area contributed by atoms with Gasteiger partial charge in [0, 0.05) is 5.56 Å². The van der Waals surface area contributed by atoms with Crippen LogP contribution in [-0.2, 0) is 4.79 Å². The highest BCUT2D eigenvalue weighted by molar-refractivity contribution is 5.75. The molecule has 1 atom stereocenters. The van der Waals surface area contributed by atoms with Crippen molar-refractivity contribution < 1.29 is 24.1 Å². The molecule has 2 rings (SSSR count). The Bertz CT molecular complexity index is 429. The number of aliphatic carboxylic acids is 1. The summed E-state index contributed by atoms with van der Waals surface area (Å²) in [4.78, 5) is 10.7. The largest absolute Gasteiger partial charge is 0.490 e. The highest BCUT2D eigenvalue weighted by Gasteiger charge is 2.25. The molecule has 0 amide bonds. The Balaban J connectivity index is 2.26. The van der Waals surface area contributed by atoms with Gasteiger partial charge in [-0.2, -0.15) is 0 Å². The maximum absolute atomic E-state index is 13.0. The van der Waals surface area contributed by atoms with Crippen LogP contribution >= 0.6 is 0 Å². The molecule has 1 unspecified atom stereocenters. The van der Waals surface area contributed by atoms with Gasteiger partial charge in [-0.25, -0.2) is 9.18 Å². The normalized spacial score (nSPS) is 17.3. The van der Waals surface area contributed by atoms with Crippen molar-refractivity contribution in [2.45, 2.75) is 31.5 Å². The molecule has 1 aliphatic carbocycles. The van der Waals surface area contributed by atoms with Gasteiger partial charge in [0.25, 0.3) is 0 Å². The molecule has 0 aromatic heterocycles. The van der Waals surface area contributed by atoms with Gasteiger partial charge in [0.15, 0.2) is 6.10 Å². The molecule has 4 nitrogen and oxygen atoms in total. The Morgan fingerprint density at radius 2 is 2.18 bits per heavy atom. The standard InChI is InChI=1S/C12H13FO4/c13-7-4-5-10(17-8-2-1-3-8)9(6-7)11(14)12(15)16/h4-6,8,11,14H,1-3H2,(H,15,16). The second kappa shape index (κ2) is 4.71. The van der Waals surface area contributed by atoms with Crippen LogP contribution < -0.4 is 4.74 Å². The second-order valence-corrected chi connectivity index (χ2v) is 4.09. The van der Waals surface area contributed by atoms with Gasteiger partial charge in [-0.05, 0) is 37.5 Å². The zero-order chi connectivity index (χ0) is 12.4. The zero-order valence-electron chi connectivity index (χ0n) is 9.10. The number of aliphatic hydroxyl groups excluding tert-OH is 1. The van der Waals surface area contributed by atoms with Crippen LogP contribution in [0, 0.1) is 5.82 Å². The van der Waals surface area contributed by atoms with E-state index in [4.69, 9.17) is 9.84 Å². The smallest absolute Gasteiger partial charge is 0.337 e. The molecular formula is C12H13FO4. The monoisotopic (exact) mass is 240 g/mol. The molecule has 0 aliphatic heterocycles. The number of benzene rings is 1. The fourth-order valence-electron chi connectivity index (χ4n) is 1.64. The second-order valence-electron chi connectivity index (χ2n) is 4.09. The summed E-state index contributed by atoms with van der Waals surface area (Å²) in [6.07, 6.45) is 1.16. The van der Waals surface area contributed by atoms with Crippen molar-refractivity contribution in [3.8, 4) is 5.75 Å². The highest BCUT2D eigenvalue weighted by Crippen LogP contribution is 2.31. The Kier molecular flexibility index (Phi) is 3.28. The summed E-state index contributed by atoms with van der Waals surface area (Å²) in [5.74, 6) is -1.78. The van der Waals surface area contributed by atoms with Crippen LogP contribution in [0.2, 0.25) is 0 Å². The molecule has 0 heterocycles. The van der Waals surface area contributed by atoms with E-state index in [1.54, 1.807) is 0 Å². The maximum atomic E-state index is 13.0. The van der Waals surface area contributed by atoms with Crippen molar-refractivity contribution in [2.24, 2.45) is 0 Å². The minimum Gasteiger partial charge on any atom is -0.490 e. The third-order valence-electron chi connectivity index (χ3n) is 2.85. The number of carbonyl (C=O) groups is 1. The van der Waals surface area contributed by atoms with E-state index in [9.17, 15) is 14.3 Å². The van der Waals surface area contributed by atoms with E-state index in [1.165, 1.54) is 12.1 Å². The first-order chi connectivity index (χ1) is 8.08. The Morgan fingerprint density at radius 1 is 1.47 bits per heavy atom. The third kappa shape index (κ3) is 2.55. The summed E-state index contributed by atoms with van der Waals surface area (Å²) in [7, 11) is 0. The number of hydrogen-bond donors (Lipinski definition) is 2. The van der Waals surface area contributed by atoms with Crippen molar-refractivity contribution in [2.75, 3.05) is 0 Å². The first-order valence-corrected chi connectivity index (χ1v) is 5.45.